The van der Waals surface area contributed by atoms with E-state index in [4.69, 9.17) is 16.6 Å². The Hall–Kier alpha value is -1.35. The van der Waals surface area contributed by atoms with Crippen LogP contribution in [0.3, 0.4) is 0 Å². The maximum Gasteiger partial charge on any atom is 0.258 e. The molecule has 1 aromatic carbocycles. The van der Waals surface area contributed by atoms with Gasteiger partial charge in [-0.05, 0) is 42.6 Å². The van der Waals surface area contributed by atoms with Gasteiger partial charge in [0.15, 0.2) is 8.32 Å². The Bertz CT molecular complexity index is 847. The van der Waals surface area contributed by atoms with Gasteiger partial charge in [-0.1, -0.05) is 61.1 Å². The van der Waals surface area contributed by atoms with Crippen LogP contribution < -0.4 is 5.32 Å². The van der Waals surface area contributed by atoms with Crippen molar-refractivity contribution >= 4 is 59.1 Å². The van der Waals surface area contributed by atoms with E-state index in [9.17, 15) is 9.90 Å². The van der Waals surface area contributed by atoms with E-state index < -0.39 is 8.32 Å². The second kappa shape index (κ2) is 9.64. The number of carbonyl (C=O) groups excluding carboxylic acids is 1. The van der Waals surface area contributed by atoms with Crippen LogP contribution in [0.2, 0.25) is 18.1 Å². The summed E-state index contributed by atoms with van der Waals surface area (Å²) in [5, 5.41) is 13.5. The first-order valence-corrected chi connectivity index (χ1v) is 13.8. The molecule has 1 aliphatic rings. The van der Waals surface area contributed by atoms with Crippen LogP contribution >= 0.6 is 28.1 Å². The molecule has 158 valence electrons. The van der Waals surface area contributed by atoms with Crippen molar-refractivity contribution in [2.45, 2.75) is 56.6 Å². The summed E-state index contributed by atoms with van der Waals surface area (Å²) < 4.78 is 6.20. The van der Waals surface area contributed by atoms with Gasteiger partial charge in [-0.3, -0.25) is 9.79 Å². The fraction of sp³-hybridized carbons (Fsp3) is 0.476. The molecule has 5 nitrogen and oxygen atoms in total. The highest BCUT2D eigenvalue weighted by atomic mass is 79.9. The Morgan fingerprint density at radius 2 is 2.07 bits per heavy atom. The number of aromatic hydroxyl groups is 1. The summed E-state index contributed by atoms with van der Waals surface area (Å²) in [7, 11) is -1.77. The van der Waals surface area contributed by atoms with Gasteiger partial charge in [0.2, 0.25) is 0 Å². The zero-order valence-corrected chi connectivity index (χ0v) is 21.0. The maximum absolute atomic E-state index is 12.6. The van der Waals surface area contributed by atoms with Gasteiger partial charge in [-0.15, -0.1) is 0 Å². The molecule has 0 radical (unpaired) electrons. The Labute approximate surface area is 187 Å². The quantitative estimate of drug-likeness (QED) is 0.174. The van der Waals surface area contributed by atoms with E-state index in [0.717, 1.165) is 12.0 Å². The van der Waals surface area contributed by atoms with Crippen molar-refractivity contribution < 1.29 is 14.3 Å². The number of thiocarbonyl (C=S) groups is 1. The molecule has 1 atom stereocenters. The van der Waals surface area contributed by atoms with Gasteiger partial charge in [-0.2, -0.15) is 0 Å². The number of nitrogens with zero attached hydrogens (tertiary/aromatic N) is 1. The second-order valence-corrected chi connectivity index (χ2v) is 14.8. The molecule has 0 fully saturated rings. The van der Waals surface area contributed by atoms with Gasteiger partial charge < -0.3 is 14.8 Å². The van der Waals surface area contributed by atoms with Crippen LogP contribution in [0.1, 0.15) is 32.8 Å². The first kappa shape index (κ1) is 23.9. The van der Waals surface area contributed by atoms with Crippen LogP contribution in [0.4, 0.5) is 5.69 Å². The highest BCUT2D eigenvalue weighted by Gasteiger charge is 2.36. The van der Waals surface area contributed by atoms with E-state index in [-0.39, 0.29) is 21.5 Å². The maximum atomic E-state index is 12.6. The lowest BCUT2D eigenvalue weighted by Crippen LogP contribution is -2.41. The summed E-state index contributed by atoms with van der Waals surface area (Å²) >= 11 is 8.65. The predicted molar refractivity (Wildman–Crippen MR) is 130 cm³/mol. The number of aryl methyl sites for hydroxylation is 1. The molecule has 2 rings (SSSR count). The van der Waals surface area contributed by atoms with E-state index in [2.05, 4.69) is 60.1 Å². The summed E-state index contributed by atoms with van der Waals surface area (Å²) in [6.07, 6.45) is 4.53. The molecule has 1 heterocycles. The Balaban J connectivity index is 1.99. The third kappa shape index (κ3) is 6.07. The number of amides is 1. The van der Waals surface area contributed by atoms with Crippen LogP contribution in [0.25, 0.3) is 0 Å². The molecule has 0 saturated carbocycles. The number of anilines is 1. The summed E-state index contributed by atoms with van der Waals surface area (Å²) in [5.41, 5.74) is 1.46. The average molecular weight is 498 g/mol. The number of phenols is 1. The number of benzene rings is 1. The van der Waals surface area contributed by atoms with Crippen molar-refractivity contribution in [2.75, 3.05) is 11.9 Å². The molecule has 0 aromatic heterocycles. The van der Waals surface area contributed by atoms with Gasteiger partial charge in [0.05, 0.1) is 16.1 Å². The first-order chi connectivity index (χ1) is 13.4. The summed E-state index contributed by atoms with van der Waals surface area (Å²) in [6, 6.07) is 5.35. The van der Waals surface area contributed by atoms with Crippen molar-refractivity contribution in [2.24, 2.45) is 4.99 Å². The Morgan fingerprint density at radius 3 is 2.72 bits per heavy atom. The number of aliphatic imine (C=N–C) groups is 1. The smallest absolute Gasteiger partial charge is 0.258 e. The normalized spacial score (nSPS) is 17.2. The minimum Gasteiger partial charge on any atom is -0.505 e. The number of hydrogen-bond donors (Lipinski definition) is 2. The predicted octanol–water partition coefficient (Wildman–Crippen LogP) is 5.39. The summed E-state index contributed by atoms with van der Waals surface area (Å²) in [6.45, 7) is 11.8. The third-order valence-electron chi connectivity index (χ3n) is 5.41. The minimum absolute atomic E-state index is 0.0781. The number of para-hydroxylation sites is 1. The summed E-state index contributed by atoms with van der Waals surface area (Å²) in [4.78, 5) is 16.8. The number of hydrogen-bond acceptors (Lipinski definition) is 5. The Kier molecular flexibility index (Phi) is 7.95. The monoisotopic (exact) mass is 496 g/mol. The molecule has 0 bridgehead atoms. The number of phenolic OH excluding ortho intramolecular Hbond substituents is 1. The highest BCUT2D eigenvalue weighted by Crippen LogP contribution is 2.36. The van der Waals surface area contributed by atoms with Crippen LogP contribution in [-0.4, -0.2) is 41.8 Å². The number of rotatable bonds is 7. The lowest BCUT2D eigenvalue weighted by molar-refractivity contribution is -0.112. The first-order valence-electron chi connectivity index (χ1n) is 9.62. The number of halogens is 1. The topological polar surface area (TPSA) is 70.9 Å². The molecule has 0 aliphatic carbocycles. The zero-order chi connectivity index (χ0) is 21.8. The largest absolute Gasteiger partial charge is 0.505 e. The molecule has 0 saturated heterocycles. The third-order valence-corrected chi connectivity index (χ3v) is 11.4. The SMILES string of the molecule is CC(C)(C)[Si](C)(C)OCCCc1cccc(NC(=O)C2=CN=C[C@H](Br)C2=S)c1O. The van der Waals surface area contributed by atoms with Crippen LogP contribution in [0, 0.1) is 0 Å². The number of nitrogens with one attached hydrogen (secondary N) is 1. The fourth-order valence-corrected chi connectivity index (χ4v) is 4.21. The lowest BCUT2D eigenvalue weighted by atomic mass is 10.1. The number of alkyl halides is 1. The van der Waals surface area contributed by atoms with Crippen molar-refractivity contribution in [3.63, 3.8) is 0 Å². The van der Waals surface area contributed by atoms with Gasteiger partial charge in [0.1, 0.15) is 5.75 Å². The molecule has 1 aliphatic heterocycles. The van der Waals surface area contributed by atoms with Crippen molar-refractivity contribution in [3.8, 4) is 5.75 Å². The molecule has 0 unspecified atom stereocenters. The molecule has 1 aromatic rings. The molecule has 2 N–H and O–H groups in total. The van der Waals surface area contributed by atoms with Crippen molar-refractivity contribution in [3.05, 3.63) is 35.5 Å². The van der Waals surface area contributed by atoms with Gasteiger partial charge in [0, 0.05) is 23.9 Å². The van der Waals surface area contributed by atoms with Crippen LogP contribution in [0.5, 0.6) is 5.75 Å². The fourth-order valence-electron chi connectivity index (χ4n) is 2.53. The molecular formula is C21H29BrN2O3SSi. The van der Waals surface area contributed by atoms with E-state index >= 15 is 0 Å². The van der Waals surface area contributed by atoms with Crippen molar-refractivity contribution in [1.82, 2.24) is 0 Å². The average Bonchev–Trinajstić information content (AvgIpc) is 2.62. The van der Waals surface area contributed by atoms with E-state index in [1.54, 1.807) is 12.3 Å². The molecule has 1 amide bonds. The molecular weight excluding hydrogens is 468 g/mol. The molecule has 29 heavy (non-hydrogen) atoms. The molecule has 8 heteroatoms. The van der Waals surface area contributed by atoms with Gasteiger partial charge in [0.25, 0.3) is 5.91 Å². The number of carbonyl (C=O) groups is 1. The van der Waals surface area contributed by atoms with Gasteiger partial charge >= 0.3 is 0 Å². The lowest BCUT2D eigenvalue weighted by Gasteiger charge is -2.36. The molecule has 0 spiro atoms. The van der Waals surface area contributed by atoms with E-state index in [0.29, 0.717) is 29.2 Å². The van der Waals surface area contributed by atoms with E-state index in [1.807, 2.05) is 12.1 Å². The van der Waals surface area contributed by atoms with Gasteiger partial charge in [-0.25, -0.2) is 0 Å². The van der Waals surface area contributed by atoms with Crippen LogP contribution in [-0.2, 0) is 15.6 Å². The highest BCUT2D eigenvalue weighted by molar-refractivity contribution is 9.10. The van der Waals surface area contributed by atoms with Crippen molar-refractivity contribution in [1.29, 1.82) is 0 Å². The standard InChI is InChI=1S/C21H29BrN2O3SSi/c1-21(2,3)29(4,5)27-11-7-9-14-8-6-10-17(18(14)25)24-20(26)15-12-23-13-16(22)19(15)28/h6,8,10,12-13,16,25H,7,9,11H2,1-5H3,(H,24,26)/t16-/m0/s1. The second-order valence-electron chi connectivity index (χ2n) is 8.59. The Morgan fingerprint density at radius 1 is 1.38 bits per heavy atom. The zero-order valence-electron chi connectivity index (χ0n) is 17.6. The van der Waals surface area contributed by atoms with Crippen LogP contribution in [0.15, 0.2) is 35.0 Å². The summed E-state index contributed by atoms with van der Waals surface area (Å²) in [5.74, 6) is -0.306. The van der Waals surface area contributed by atoms with E-state index in [1.165, 1.54) is 6.20 Å². The minimum atomic E-state index is -1.77.